The van der Waals surface area contributed by atoms with Crippen molar-refractivity contribution < 1.29 is 29.4 Å². The summed E-state index contributed by atoms with van der Waals surface area (Å²) >= 11 is 1.43. The summed E-state index contributed by atoms with van der Waals surface area (Å²) in [6.07, 6.45) is -0.842. The van der Waals surface area contributed by atoms with Gasteiger partial charge in [-0.1, -0.05) is 26.0 Å². The number of imide groups is 1. The third-order valence-corrected chi connectivity index (χ3v) is 6.40. The zero-order valence-corrected chi connectivity index (χ0v) is 20.4. The quantitative estimate of drug-likeness (QED) is 0.290. The molecule has 0 saturated carbocycles. The molecule has 0 aliphatic rings. The molecule has 10 heteroatoms. The van der Waals surface area contributed by atoms with Crippen LogP contribution in [-0.4, -0.2) is 64.3 Å². The van der Waals surface area contributed by atoms with E-state index in [9.17, 15) is 24.7 Å². The van der Waals surface area contributed by atoms with E-state index in [2.05, 4.69) is 10.6 Å². The Labute approximate surface area is 193 Å². The number of amides is 4. The third kappa shape index (κ3) is 8.33. The number of aliphatic hydroxyl groups is 1. The number of hydroxylamine groups is 2. The van der Waals surface area contributed by atoms with E-state index in [-0.39, 0.29) is 17.4 Å². The summed E-state index contributed by atoms with van der Waals surface area (Å²) in [6.45, 7) is 7.42. The number of hydrogen-bond donors (Lipinski definition) is 4. The van der Waals surface area contributed by atoms with E-state index in [4.69, 9.17) is 4.74 Å². The average Bonchev–Trinajstić information content (AvgIpc) is 2.78. The molecule has 32 heavy (non-hydrogen) atoms. The summed E-state index contributed by atoms with van der Waals surface area (Å²) < 4.78 is 4.35. The van der Waals surface area contributed by atoms with Gasteiger partial charge in [-0.25, -0.2) is 4.79 Å². The summed E-state index contributed by atoms with van der Waals surface area (Å²) in [7, 11) is 3.02. The van der Waals surface area contributed by atoms with E-state index in [0.29, 0.717) is 12.2 Å². The normalized spacial score (nSPS) is 13.3. The van der Waals surface area contributed by atoms with Crippen LogP contribution in [0.3, 0.4) is 0 Å². The van der Waals surface area contributed by atoms with Gasteiger partial charge < -0.3 is 20.5 Å². The maximum Gasteiger partial charge on any atom is 0.349 e. The van der Waals surface area contributed by atoms with Crippen LogP contribution in [0.5, 0.6) is 5.75 Å². The van der Waals surface area contributed by atoms with Gasteiger partial charge in [0, 0.05) is 17.5 Å². The molecule has 0 saturated heterocycles. The molecule has 9 nitrogen and oxygen atoms in total. The Kier molecular flexibility index (Phi) is 11.0. The molecule has 2 atom stereocenters. The van der Waals surface area contributed by atoms with Crippen molar-refractivity contribution in [2.45, 2.75) is 63.2 Å². The van der Waals surface area contributed by atoms with Crippen molar-refractivity contribution in [1.29, 1.82) is 0 Å². The topological polar surface area (TPSA) is 128 Å². The van der Waals surface area contributed by atoms with Crippen LogP contribution in [0.1, 0.15) is 46.1 Å². The molecule has 0 radical (unpaired) electrons. The molecule has 0 aliphatic heterocycles. The molecular formula is C22H35N3O6S. The second-order valence-electron chi connectivity index (χ2n) is 8.37. The second-order valence-corrected chi connectivity index (χ2v) is 10.0. The molecule has 180 valence electrons. The van der Waals surface area contributed by atoms with Crippen LogP contribution < -0.4 is 15.4 Å². The summed E-state index contributed by atoms with van der Waals surface area (Å²) in [4.78, 5) is 37.2. The van der Waals surface area contributed by atoms with Crippen molar-refractivity contribution in [3.8, 4) is 5.75 Å². The average molecular weight is 470 g/mol. The molecule has 0 fully saturated rings. The summed E-state index contributed by atoms with van der Waals surface area (Å²) in [5, 5.41) is 24.7. The lowest BCUT2D eigenvalue weighted by molar-refractivity contribution is -0.163. The van der Waals surface area contributed by atoms with Gasteiger partial charge in [0.2, 0.25) is 5.91 Å². The Morgan fingerprint density at radius 1 is 1.16 bits per heavy atom. The number of aliphatic hydroxyl groups excluding tert-OH is 1. The van der Waals surface area contributed by atoms with Crippen LogP contribution in [0, 0.1) is 5.92 Å². The second kappa shape index (κ2) is 12.7. The minimum Gasteiger partial charge on any atom is -0.497 e. The van der Waals surface area contributed by atoms with Gasteiger partial charge >= 0.3 is 6.03 Å². The molecule has 1 rings (SSSR count). The van der Waals surface area contributed by atoms with E-state index in [1.165, 1.54) is 18.8 Å². The third-order valence-electron chi connectivity index (χ3n) is 4.95. The number of carbonyl (C=O) groups excluding carboxylic acids is 3. The first kappa shape index (κ1) is 27.7. The zero-order valence-electron chi connectivity index (χ0n) is 19.5. The number of rotatable bonds is 11. The largest absolute Gasteiger partial charge is 0.497 e. The predicted octanol–water partition coefficient (Wildman–Crippen LogP) is 2.55. The molecule has 0 unspecified atom stereocenters. The van der Waals surface area contributed by atoms with Gasteiger partial charge in [0.25, 0.3) is 5.91 Å². The van der Waals surface area contributed by atoms with Crippen molar-refractivity contribution in [3.05, 3.63) is 29.8 Å². The van der Waals surface area contributed by atoms with Gasteiger partial charge in [0.05, 0.1) is 7.11 Å². The highest BCUT2D eigenvalue weighted by Gasteiger charge is 2.38. The summed E-state index contributed by atoms with van der Waals surface area (Å²) in [6, 6.07) is 5.25. The Hall–Kier alpha value is -2.30. The lowest BCUT2D eigenvalue weighted by Crippen LogP contribution is -2.59. The molecule has 1 aromatic rings. The molecule has 0 aromatic heterocycles. The van der Waals surface area contributed by atoms with E-state index in [0.717, 1.165) is 11.3 Å². The number of benzene rings is 1. The standard InChI is InChI=1S/C22H35N3O6S/c1-14(2)7-12-17(26)20(28)25(30)21(29)24-18(19(27)23-5)22(3,4)32-13-15-8-10-16(31-6)11-9-15/h8-11,14,17-18,26,30H,7,12-13H2,1-6H3,(H,23,27)(H,24,29)/t17-,18-/m0/s1. The van der Waals surface area contributed by atoms with Crippen LogP contribution in [-0.2, 0) is 15.3 Å². The van der Waals surface area contributed by atoms with Gasteiger partial charge in [-0.05, 0) is 50.3 Å². The molecule has 1 aromatic carbocycles. The molecule has 4 amide bonds. The van der Waals surface area contributed by atoms with Gasteiger partial charge in [-0.15, -0.1) is 16.8 Å². The zero-order chi connectivity index (χ0) is 24.5. The van der Waals surface area contributed by atoms with Crippen LogP contribution in [0.25, 0.3) is 0 Å². The Bertz CT molecular complexity index is 769. The van der Waals surface area contributed by atoms with E-state index in [1.54, 1.807) is 21.0 Å². The molecule has 0 spiro atoms. The fraction of sp³-hybridized carbons (Fsp3) is 0.591. The smallest absolute Gasteiger partial charge is 0.349 e. The number of urea groups is 1. The number of ether oxygens (including phenoxy) is 1. The van der Waals surface area contributed by atoms with Crippen molar-refractivity contribution in [1.82, 2.24) is 15.7 Å². The number of methoxy groups -OCH3 is 1. The number of thioether (sulfide) groups is 1. The number of carbonyl (C=O) groups is 3. The fourth-order valence-corrected chi connectivity index (χ4v) is 3.88. The first-order valence-electron chi connectivity index (χ1n) is 10.4. The highest BCUT2D eigenvalue weighted by molar-refractivity contribution is 7.99. The molecule has 0 aliphatic carbocycles. The van der Waals surface area contributed by atoms with Crippen LogP contribution in [0.2, 0.25) is 0 Å². The predicted molar refractivity (Wildman–Crippen MR) is 123 cm³/mol. The van der Waals surface area contributed by atoms with Gasteiger partial charge in [0.1, 0.15) is 17.9 Å². The minimum atomic E-state index is -1.51. The molecular weight excluding hydrogens is 434 g/mol. The maximum absolute atomic E-state index is 12.5. The number of likely N-dealkylation sites (N-methyl/N-ethyl adjacent to an activating group) is 1. The van der Waals surface area contributed by atoms with E-state index >= 15 is 0 Å². The molecule has 0 heterocycles. The fourth-order valence-electron chi connectivity index (χ4n) is 2.81. The summed E-state index contributed by atoms with van der Waals surface area (Å²) in [5.74, 6) is -0.0820. The Morgan fingerprint density at radius 3 is 2.25 bits per heavy atom. The van der Waals surface area contributed by atoms with Gasteiger partial charge in [-0.2, -0.15) is 0 Å². The van der Waals surface area contributed by atoms with Crippen molar-refractivity contribution >= 4 is 29.6 Å². The lowest BCUT2D eigenvalue weighted by Gasteiger charge is -2.33. The SMILES string of the molecule is CNC(=O)[C@H](NC(=O)N(O)C(=O)[C@@H](O)CCC(C)C)C(C)(C)SCc1ccc(OC)cc1. The number of nitrogens with one attached hydrogen (secondary N) is 2. The van der Waals surface area contributed by atoms with Crippen molar-refractivity contribution in [2.75, 3.05) is 14.2 Å². The first-order chi connectivity index (χ1) is 14.9. The Balaban J connectivity index is 2.85. The van der Waals surface area contributed by atoms with Crippen molar-refractivity contribution in [3.63, 3.8) is 0 Å². The maximum atomic E-state index is 12.5. The van der Waals surface area contributed by atoms with Gasteiger partial charge in [-0.3, -0.25) is 14.8 Å². The summed E-state index contributed by atoms with van der Waals surface area (Å²) in [5.41, 5.74) is 0.998. The van der Waals surface area contributed by atoms with Crippen LogP contribution in [0.4, 0.5) is 4.79 Å². The number of nitrogens with zero attached hydrogens (tertiary/aromatic N) is 1. The highest BCUT2D eigenvalue weighted by Crippen LogP contribution is 2.32. The monoisotopic (exact) mass is 469 g/mol. The molecule has 0 bridgehead atoms. The van der Waals surface area contributed by atoms with Crippen molar-refractivity contribution in [2.24, 2.45) is 5.92 Å². The lowest BCUT2D eigenvalue weighted by atomic mass is 10.0. The number of hydrogen-bond acceptors (Lipinski definition) is 7. The van der Waals surface area contributed by atoms with Crippen LogP contribution >= 0.6 is 11.8 Å². The van der Waals surface area contributed by atoms with E-state index < -0.39 is 34.7 Å². The van der Waals surface area contributed by atoms with Gasteiger partial charge in [0.15, 0.2) is 0 Å². The minimum absolute atomic E-state index is 0.114. The molecule has 4 N–H and O–H groups in total. The van der Waals surface area contributed by atoms with E-state index in [1.807, 2.05) is 38.1 Å². The Morgan fingerprint density at radius 2 is 1.75 bits per heavy atom. The highest BCUT2D eigenvalue weighted by atomic mass is 32.2. The first-order valence-corrected chi connectivity index (χ1v) is 11.4. The van der Waals surface area contributed by atoms with Crippen LogP contribution in [0.15, 0.2) is 24.3 Å².